The zero-order valence-electron chi connectivity index (χ0n) is 8.30. The van der Waals surface area contributed by atoms with E-state index in [1.54, 1.807) is 0 Å². The first-order chi connectivity index (χ1) is 4.33. The van der Waals surface area contributed by atoms with Gasteiger partial charge in [0, 0.05) is 6.54 Å². The molecule has 10 heavy (non-hydrogen) atoms. The summed E-state index contributed by atoms with van der Waals surface area (Å²) in [5, 5.41) is 0. The zero-order valence-corrected chi connectivity index (χ0v) is 7.72. The second kappa shape index (κ2) is 4.71. The van der Waals surface area contributed by atoms with E-state index < -0.39 is 0 Å². The summed E-state index contributed by atoms with van der Waals surface area (Å²) in [6.45, 7) is 2.71. The molecule has 0 aliphatic rings. The van der Waals surface area contributed by atoms with E-state index in [9.17, 15) is 0 Å². The minimum absolute atomic E-state index is 0. The summed E-state index contributed by atoms with van der Waals surface area (Å²) in [7, 11) is 0. The van der Waals surface area contributed by atoms with E-state index >= 15 is 0 Å². The molecule has 1 aromatic carbocycles. The van der Waals surface area contributed by atoms with E-state index in [4.69, 9.17) is 5.73 Å². The molecule has 2 N–H and O–H groups in total. The Morgan fingerprint density at radius 3 is 2.20 bits per heavy atom. The van der Waals surface area contributed by atoms with E-state index in [1.165, 1.54) is 11.1 Å². The van der Waals surface area contributed by atoms with Crippen molar-refractivity contribution in [1.29, 1.82) is 0 Å². The van der Waals surface area contributed by atoms with Gasteiger partial charge in [0.2, 0.25) is 0 Å². The van der Waals surface area contributed by atoms with Gasteiger partial charge in [0.1, 0.15) is 0 Å². The topological polar surface area (TPSA) is 26.0 Å². The number of aryl methyl sites for hydroxylation is 1. The predicted molar refractivity (Wildman–Crippen MR) is 47.0 cm³/mol. The van der Waals surface area contributed by atoms with Crippen molar-refractivity contribution in [2.45, 2.75) is 13.5 Å². The Kier molecular flexibility index (Phi) is 4.69. The minimum Gasteiger partial charge on any atom is -1.00 e. The molecular weight excluding hydrogens is 134 g/mol. The second-order valence-corrected chi connectivity index (χ2v) is 2.19. The quantitative estimate of drug-likeness (QED) is 0.596. The fourth-order valence-electron chi connectivity index (χ4n) is 0.724. The van der Waals surface area contributed by atoms with Gasteiger partial charge in [-0.2, -0.15) is 0 Å². The molecule has 1 nitrogen and oxygen atoms in total. The monoisotopic (exact) mass is 147 g/mol. The van der Waals surface area contributed by atoms with E-state index in [0.717, 1.165) is 0 Å². The molecule has 1 rings (SSSR count). The summed E-state index contributed by atoms with van der Waals surface area (Å²) < 4.78 is 0. The normalized spacial score (nSPS) is 8.60. The van der Waals surface area contributed by atoms with Crippen molar-refractivity contribution in [3.63, 3.8) is 0 Å². The molecule has 2 heteroatoms. The first kappa shape index (κ1) is 9.95. The van der Waals surface area contributed by atoms with Crippen molar-refractivity contribution in [1.82, 2.24) is 0 Å². The fraction of sp³-hybridized carbons (Fsp3) is 0.250. The number of nitrogens with two attached hydrogens (primary N) is 1. The molecule has 1 aromatic rings. The van der Waals surface area contributed by atoms with Crippen LogP contribution < -0.4 is 5.73 Å². The van der Waals surface area contributed by atoms with Crippen molar-refractivity contribution in [3.8, 4) is 0 Å². The summed E-state index contributed by atoms with van der Waals surface area (Å²) in [4.78, 5) is 0. The Morgan fingerprint density at radius 2 is 1.80 bits per heavy atom. The maximum absolute atomic E-state index is 5.40. The molecule has 0 amide bonds. The molecule has 0 atom stereocenters. The van der Waals surface area contributed by atoms with Crippen LogP contribution in [0.3, 0.4) is 0 Å². The average molecular weight is 148 g/mol. The van der Waals surface area contributed by atoms with Gasteiger partial charge in [-0.3, -0.25) is 0 Å². The van der Waals surface area contributed by atoms with Crippen LogP contribution in [0.15, 0.2) is 24.3 Å². The summed E-state index contributed by atoms with van der Waals surface area (Å²) >= 11 is 0. The third-order valence-electron chi connectivity index (χ3n) is 1.36. The molecule has 0 aromatic heterocycles. The smallest absolute Gasteiger partial charge is 1.00 e. The number of benzene rings is 1. The second-order valence-electron chi connectivity index (χ2n) is 2.19. The molecule has 0 fully saturated rings. The maximum Gasteiger partial charge on any atom is 2.00 e. The van der Waals surface area contributed by atoms with E-state index in [1.807, 2.05) is 0 Å². The van der Waals surface area contributed by atoms with Crippen LogP contribution in [0.25, 0.3) is 0 Å². The maximum atomic E-state index is 5.40. The molecule has 52 valence electrons. The molecular formula is C8H13MgN. The van der Waals surface area contributed by atoms with Crippen molar-refractivity contribution in [2.75, 3.05) is 0 Å². The van der Waals surface area contributed by atoms with Crippen LogP contribution in [0.4, 0.5) is 0 Å². The zero-order chi connectivity index (χ0) is 6.69. The van der Waals surface area contributed by atoms with Gasteiger partial charge in [-0.1, -0.05) is 29.8 Å². The van der Waals surface area contributed by atoms with Gasteiger partial charge in [0.25, 0.3) is 0 Å². The summed E-state index contributed by atoms with van der Waals surface area (Å²) in [6, 6.07) is 8.25. The molecule has 0 bridgehead atoms. The third-order valence-corrected chi connectivity index (χ3v) is 1.36. The molecule has 0 aliphatic carbocycles. The van der Waals surface area contributed by atoms with Crippen molar-refractivity contribution in [3.05, 3.63) is 35.4 Å². The van der Waals surface area contributed by atoms with Gasteiger partial charge in [-0.05, 0) is 12.5 Å². The Morgan fingerprint density at radius 1 is 1.30 bits per heavy atom. The average Bonchev–Trinajstić information content (AvgIpc) is 1.90. The fourth-order valence-corrected chi connectivity index (χ4v) is 0.724. The van der Waals surface area contributed by atoms with Gasteiger partial charge in [-0.15, -0.1) is 0 Å². The molecule has 0 saturated heterocycles. The largest absolute Gasteiger partial charge is 2.00 e. The van der Waals surface area contributed by atoms with Crippen LogP contribution >= 0.6 is 0 Å². The number of hydrogen-bond acceptors (Lipinski definition) is 1. The van der Waals surface area contributed by atoms with Crippen molar-refractivity contribution in [2.24, 2.45) is 5.73 Å². The van der Waals surface area contributed by atoms with Crippen LogP contribution in [0.5, 0.6) is 0 Å². The Labute approximate surface area is 80.7 Å². The van der Waals surface area contributed by atoms with Crippen LogP contribution in [-0.2, 0) is 6.54 Å². The van der Waals surface area contributed by atoms with Crippen molar-refractivity contribution >= 4 is 23.1 Å². The number of hydrogen-bond donors (Lipinski definition) is 1. The SMILES string of the molecule is Cc1ccc(CN)cc1.[H-].[H-].[Mg+2]. The van der Waals surface area contributed by atoms with Gasteiger partial charge in [0.05, 0.1) is 0 Å². The summed E-state index contributed by atoms with van der Waals surface area (Å²) in [5.41, 5.74) is 7.88. The van der Waals surface area contributed by atoms with Crippen molar-refractivity contribution < 1.29 is 2.85 Å². The summed E-state index contributed by atoms with van der Waals surface area (Å²) in [6.07, 6.45) is 0. The first-order valence-electron chi connectivity index (χ1n) is 3.08. The van der Waals surface area contributed by atoms with Gasteiger partial charge in [0.15, 0.2) is 0 Å². The van der Waals surface area contributed by atoms with Crippen LogP contribution in [0, 0.1) is 6.92 Å². The molecule has 0 spiro atoms. The third kappa shape index (κ3) is 2.69. The standard InChI is InChI=1S/C8H11N.Mg.2H/c1-7-2-4-8(6-9)5-3-7;;;/h2-5H,6,9H2,1H3;;;/q;+2;2*-1. The van der Waals surface area contributed by atoms with E-state index in [0.29, 0.717) is 6.54 Å². The van der Waals surface area contributed by atoms with Crippen LogP contribution in [0.2, 0.25) is 0 Å². The predicted octanol–water partition coefficient (Wildman–Crippen LogP) is 1.30. The van der Waals surface area contributed by atoms with Crippen LogP contribution in [-0.4, -0.2) is 23.1 Å². The van der Waals surface area contributed by atoms with E-state index in [2.05, 4.69) is 31.2 Å². The Balaban J connectivity index is -0.000000270. The molecule has 0 heterocycles. The first-order valence-corrected chi connectivity index (χ1v) is 3.08. The minimum atomic E-state index is 0. The van der Waals surface area contributed by atoms with Gasteiger partial charge >= 0.3 is 23.1 Å². The number of rotatable bonds is 1. The summed E-state index contributed by atoms with van der Waals surface area (Å²) in [5.74, 6) is 0. The Bertz CT molecular complexity index is 189. The van der Waals surface area contributed by atoms with Gasteiger partial charge in [-0.25, -0.2) is 0 Å². The Hall–Kier alpha value is -0.0538. The molecule has 0 saturated carbocycles. The molecule has 0 unspecified atom stereocenters. The van der Waals surface area contributed by atoms with Gasteiger partial charge < -0.3 is 8.59 Å². The molecule has 0 aliphatic heterocycles. The molecule has 0 radical (unpaired) electrons. The van der Waals surface area contributed by atoms with Crippen LogP contribution in [0.1, 0.15) is 14.0 Å². The van der Waals surface area contributed by atoms with E-state index in [-0.39, 0.29) is 25.9 Å².